The first-order chi connectivity index (χ1) is 17.6. The first-order valence-corrected chi connectivity index (χ1v) is 12.9. The number of aryl methyl sites for hydroxylation is 1. The van der Waals surface area contributed by atoms with E-state index in [1.807, 2.05) is 73.0 Å². The number of hydrogen-bond acceptors (Lipinski definition) is 7. The smallest absolute Gasteiger partial charge is 0.259 e. The van der Waals surface area contributed by atoms with Gasteiger partial charge in [0, 0.05) is 36.6 Å². The molecule has 0 bridgehead atoms. The van der Waals surface area contributed by atoms with Crippen LogP contribution in [0.15, 0.2) is 59.4 Å². The minimum atomic E-state index is 0.0620. The summed E-state index contributed by atoms with van der Waals surface area (Å²) in [6.45, 7) is 10.8. The molecular formula is C28H35N5O3. The van der Waals surface area contributed by atoms with Gasteiger partial charge in [0.25, 0.3) is 5.56 Å². The van der Waals surface area contributed by atoms with E-state index in [1.165, 1.54) is 0 Å². The van der Waals surface area contributed by atoms with Crippen molar-refractivity contribution in [2.75, 3.05) is 51.0 Å². The van der Waals surface area contributed by atoms with Crippen LogP contribution in [0.2, 0.25) is 0 Å². The molecule has 0 saturated carbocycles. The van der Waals surface area contributed by atoms with Gasteiger partial charge in [-0.15, -0.1) is 0 Å². The van der Waals surface area contributed by atoms with Crippen LogP contribution in [0.25, 0.3) is 0 Å². The van der Waals surface area contributed by atoms with Crippen LogP contribution < -0.4 is 15.2 Å². The average molecular weight is 490 g/mol. The predicted octanol–water partition coefficient (Wildman–Crippen LogP) is 4.00. The van der Waals surface area contributed by atoms with Crippen molar-refractivity contribution in [2.24, 2.45) is 0 Å². The van der Waals surface area contributed by atoms with Gasteiger partial charge < -0.3 is 9.47 Å². The molecule has 0 spiro atoms. The van der Waals surface area contributed by atoms with E-state index in [2.05, 4.69) is 14.7 Å². The Balaban J connectivity index is 1.37. The van der Waals surface area contributed by atoms with Crippen molar-refractivity contribution in [1.82, 2.24) is 19.4 Å². The van der Waals surface area contributed by atoms with Gasteiger partial charge in [0.1, 0.15) is 11.5 Å². The minimum absolute atomic E-state index is 0.0620. The van der Waals surface area contributed by atoms with Crippen molar-refractivity contribution >= 4 is 11.6 Å². The largest absolute Gasteiger partial charge is 0.457 e. The van der Waals surface area contributed by atoms with E-state index in [4.69, 9.17) is 14.5 Å². The van der Waals surface area contributed by atoms with Crippen molar-refractivity contribution in [3.63, 3.8) is 0 Å². The molecule has 0 amide bonds. The molecule has 190 valence electrons. The zero-order valence-electron chi connectivity index (χ0n) is 21.2. The lowest BCUT2D eigenvalue weighted by Crippen LogP contribution is -2.48. The quantitative estimate of drug-likeness (QED) is 0.474. The van der Waals surface area contributed by atoms with Gasteiger partial charge in [-0.05, 0) is 62.7 Å². The zero-order valence-corrected chi connectivity index (χ0v) is 21.2. The molecule has 2 aliphatic rings. The van der Waals surface area contributed by atoms with Crippen LogP contribution in [-0.4, -0.2) is 65.4 Å². The van der Waals surface area contributed by atoms with Crippen LogP contribution >= 0.6 is 0 Å². The molecule has 1 aromatic heterocycles. The van der Waals surface area contributed by atoms with E-state index in [9.17, 15) is 4.79 Å². The predicted molar refractivity (Wildman–Crippen MR) is 141 cm³/mol. The molecule has 3 aromatic rings. The molecule has 36 heavy (non-hydrogen) atoms. The molecule has 0 unspecified atom stereocenters. The normalized spacial score (nSPS) is 16.7. The van der Waals surface area contributed by atoms with E-state index in [-0.39, 0.29) is 5.56 Å². The monoisotopic (exact) mass is 489 g/mol. The fraction of sp³-hybridized carbons (Fsp3) is 0.429. The van der Waals surface area contributed by atoms with Crippen LogP contribution in [-0.2, 0) is 17.8 Å². The SMILES string of the molecule is CCc1c(C)nc2n(c1=O)CN(CCCN1CCOCC1)CN2c1ccc(Oc2ccccc2)cc1. The van der Waals surface area contributed by atoms with Gasteiger partial charge in [-0.2, -0.15) is 0 Å². The molecule has 1 saturated heterocycles. The van der Waals surface area contributed by atoms with Crippen LogP contribution in [0.3, 0.4) is 0 Å². The summed E-state index contributed by atoms with van der Waals surface area (Å²) in [5, 5.41) is 0. The van der Waals surface area contributed by atoms with Gasteiger partial charge in [0.15, 0.2) is 0 Å². The lowest BCUT2D eigenvalue weighted by atomic mass is 10.2. The van der Waals surface area contributed by atoms with E-state index in [0.29, 0.717) is 25.7 Å². The van der Waals surface area contributed by atoms with Gasteiger partial charge in [0.05, 0.1) is 26.6 Å². The van der Waals surface area contributed by atoms with Gasteiger partial charge in [-0.25, -0.2) is 4.98 Å². The number of nitrogens with zero attached hydrogens (tertiary/aromatic N) is 5. The molecule has 0 radical (unpaired) electrons. The Bertz CT molecular complexity index is 1210. The lowest BCUT2D eigenvalue weighted by Gasteiger charge is -2.39. The second-order valence-electron chi connectivity index (χ2n) is 9.38. The van der Waals surface area contributed by atoms with Crippen molar-refractivity contribution in [3.05, 3.63) is 76.2 Å². The van der Waals surface area contributed by atoms with Gasteiger partial charge in [0.2, 0.25) is 5.95 Å². The Morgan fingerprint density at radius 3 is 2.33 bits per heavy atom. The maximum absolute atomic E-state index is 13.4. The number of hydrogen-bond donors (Lipinski definition) is 0. The molecule has 0 atom stereocenters. The number of para-hydroxylation sites is 1. The summed E-state index contributed by atoms with van der Waals surface area (Å²) in [5.74, 6) is 2.28. The van der Waals surface area contributed by atoms with Crippen molar-refractivity contribution in [2.45, 2.75) is 33.4 Å². The lowest BCUT2D eigenvalue weighted by molar-refractivity contribution is 0.0354. The molecule has 2 aromatic carbocycles. The van der Waals surface area contributed by atoms with Crippen molar-refractivity contribution < 1.29 is 9.47 Å². The Hall–Kier alpha value is -3.20. The Labute approximate surface area is 212 Å². The van der Waals surface area contributed by atoms with Crippen molar-refractivity contribution in [3.8, 4) is 11.5 Å². The molecule has 2 aliphatic heterocycles. The molecule has 1 fully saturated rings. The second-order valence-corrected chi connectivity index (χ2v) is 9.38. The minimum Gasteiger partial charge on any atom is -0.457 e. The highest BCUT2D eigenvalue weighted by Gasteiger charge is 2.27. The molecule has 8 heteroatoms. The highest BCUT2D eigenvalue weighted by molar-refractivity contribution is 5.59. The topological polar surface area (TPSA) is 63.1 Å². The summed E-state index contributed by atoms with van der Waals surface area (Å²) in [5.41, 5.74) is 2.65. The van der Waals surface area contributed by atoms with E-state index in [1.54, 1.807) is 0 Å². The van der Waals surface area contributed by atoms with Crippen molar-refractivity contribution in [1.29, 1.82) is 0 Å². The third kappa shape index (κ3) is 5.46. The maximum atomic E-state index is 13.4. The van der Waals surface area contributed by atoms with Crippen LogP contribution in [0.5, 0.6) is 11.5 Å². The summed E-state index contributed by atoms with van der Waals surface area (Å²) in [6.07, 6.45) is 1.72. The third-order valence-corrected chi connectivity index (χ3v) is 6.91. The highest BCUT2D eigenvalue weighted by Crippen LogP contribution is 2.30. The molecule has 0 aliphatic carbocycles. The standard InChI is InChI=1S/C28H35N5O3/c1-3-26-22(2)29-28-32(23-10-12-25(13-11-23)36-24-8-5-4-6-9-24)20-31(21-33(28)27(26)34)15-7-14-30-16-18-35-19-17-30/h4-6,8-13H,3,7,14-21H2,1-2H3. The number of anilines is 2. The fourth-order valence-corrected chi connectivity index (χ4v) is 4.93. The summed E-state index contributed by atoms with van der Waals surface area (Å²) < 4.78 is 13.3. The van der Waals surface area contributed by atoms with Crippen LogP contribution in [0.4, 0.5) is 11.6 Å². The summed E-state index contributed by atoms with van der Waals surface area (Å²) in [7, 11) is 0. The second kappa shape index (κ2) is 11.2. The van der Waals surface area contributed by atoms with E-state index >= 15 is 0 Å². The molecule has 8 nitrogen and oxygen atoms in total. The number of benzene rings is 2. The summed E-state index contributed by atoms with van der Waals surface area (Å²) >= 11 is 0. The van der Waals surface area contributed by atoms with Crippen LogP contribution in [0, 0.1) is 6.92 Å². The molecular weight excluding hydrogens is 454 g/mol. The Morgan fingerprint density at radius 2 is 1.61 bits per heavy atom. The Morgan fingerprint density at radius 1 is 0.917 bits per heavy atom. The zero-order chi connectivity index (χ0) is 24.9. The van der Waals surface area contributed by atoms with Gasteiger partial charge in [-0.3, -0.25) is 24.1 Å². The maximum Gasteiger partial charge on any atom is 0.259 e. The van der Waals surface area contributed by atoms with Crippen LogP contribution in [0.1, 0.15) is 24.6 Å². The average Bonchev–Trinajstić information content (AvgIpc) is 2.91. The fourth-order valence-electron chi connectivity index (χ4n) is 4.93. The first kappa shape index (κ1) is 24.5. The first-order valence-electron chi connectivity index (χ1n) is 12.9. The Kier molecular flexibility index (Phi) is 7.65. The number of fused-ring (bicyclic) bond motifs is 1. The number of rotatable bonds is 8. The number of aromatic nitrogens is 2. The van der Waals surface area contributed by atoms with E-state index < -0.39 is 0 Å². The highest BCUT2D eigenvalue weighted by atomic mass is 16.5. The molecule has 5 rings (SSSR count). The number of ether oxygens (including phenoxy) is 2. The number of morpholine rings is 1. The third-order valence-electron chi connectivity index (χ3n) is 6.91. The summed E-state index contributed by atoms with van der Waals surface area (Å²) in [6, 6.07) is 17.8. The van der Waals surface area contributed by atoms with Gasteiger partial charge in [-0.1, -0.05) is 25.1 Å². The molecule has 0 N–H and O–H groups in total. The summed E-state index contributed by atoms with van der Waals surface area (Å²) in [4.78, 5) is 25.2. The molecule has 3 heterocycles. The van der Waals surface area contributed by atoms with Gasteiger partial charge >= 0.3 is 0 Å². The van der Waals surface area contributed by atoms with E-state index in [0.717, 1.165) is 74.3 Å².